The Kier molecular flexibility index (Phi) is 3.39. The number of aromatic nitrogens is 2. The first-order valence-corrected chi connectivity index (χ1v) is 7.86. The Balaban J connectivity index is 1.64. The van der Waals surface area contributed by atoms with Crippen LogP contribution in [0.25, 0.3) is 23.1 Å². The summed E-state index contributed by atoms with van der Waals surface area (Å²) in [6, 6.07) is 16.9. The zero-order valence-corrected chi connectivity index (χ0v) is 12.5. The number of nitrogens with zero attached hydrogens (tertiary/aromatic N) is 2. The summed E-state index contributed by atoms with van der Waals surface area (Å²) in [7, 11) is 0. The number of benzene rings is 2. The maximum Gasteiger partial charge on any atom is 0.0927 e. The molecule has 0 unspecified atom stereocenters. The van der Waals surface area contributed by atoms with Crippen LogP contribution >= 0.6 is 0 Å². The molecule has 1 N–H and O–H groups in total. The molecule has 22 heavy (non-hydrogen) atoms. The fourth-order valence-electron chi connectivity index (χ4n) is 3.07. The first-order valence-electron chi connectivity index (χ1n) is 7.86. The first-order chi connectivity index (χ1) is 10.9. The highest BCUT2D eigenvalue weighted by Gasteiger charge is 2.13. The van der Waals surface area contributed by atoms with Crippen LogP contribution in [0, 0.1) is 0 Å². The number of hydrogen-bond acceptors (Lipinski definition) is 2. The second kappa shape index (κ2) is 5.68. The van der Waals surface area contributed by atoms with E-state index in [1.54, 1.807) is 0 Å². The van der Waals surface area contributed by atoms with Crippen molar-refractivity contribution in [3.8, 4) is 0 Å². The highest BCUT2D eigenvalue weighted by molar-refractivity contribution is 5.91. The van der Waals surface area contributed by atoms with Crippen LogP contribution in [0.2, 0.25) is 0 Å². The number of hydrogen-bond donors (Lipinski definition) is 1. The summed E-state index contributed by atoms with van der Waals surface area (Å²) in [6.45, 7) is 2.33. The maximum absolute atomic E-state index is 4.45. The molecule has 2 heterocycles. The van der Waals surface area contributed by atoms with E-state index in [-0.39, 0.29) is 0 Å². The Hall–Kier alpha value is -2.55. The van der Waals surface area contributed by atoms with Crippen LogP contribution in [0.4, 0.5) is 5.69 Å². The molecule has 0 bridgehead atoms. The molecule has 0 aliphatic carbocycles. The van der Waals surface area contributed by atoms with Crippen LogP contribution in [0.1, 0.15) is 24.1 Å². The predicted octanol–water partition coefficient (Wildman–Crippen LogP) is 4.33. The Morgan fingerprint density at radius 3 is 2.59 bits per heavy atom. The van der Waals surface area contributed by atoms with Crippen LogP contribution in [-0.2, 0) is 0 Å². The standard InChI is InChI=1S/C19H19N3/c1-2-6-15(7-3-1)8-11-18-17-10-9-16(14-19(17)21-20-18)22-12-4-5-13-22/h1-3,6-11,14H,4-5,12-13H2,(H,20,21). The molecule has 0 spiro atoms. The van der Waals surface area contributed by atoms with Gasteiger partial charge in [0, 0.05) is 24.2 Å². The number of rotatable bonds is 3. The average Bonchev–Trinajstić information content (AvgIpc) is 3.23. The van der Waals surface area contributed by atoms with Crippen molar-refractivity contribution in [1.29, 1.82) is 0 Å². The number of nitrogens with one attached hydrogen (secondary N) is 1. The zero-order chi connectivity index (χ0) is 14.8. The van der Waals surface area contributed by atoms with Crippen molar-refractivity contribution in [3.05, 3.63) is 59.8 Å². The number of aromatic amines is 1. The van der Waals surface area contributed by atoms with Crippen LogP contribution in [-0.4, -0.2) is 23.3 Å². The van der Waals surface area contributed by atoms with Crippen molar-refractivity contribution in [1.82, 2.24) is 10.2 Å². The van der Waals surface area contributed by atoms with Crippen LogP contribution in [0.5, 0.6) is 0 Å². The monoisotopic (exact) mass is 289 g/mol. The third-order valence-corrected chi connectivity index (χ3v) is 4.28. The van der Waals surface area contributed by atoms with E-state index in [2.05, 4.69) is 57.6 Å². The van der Waals surface area contributed by atoms with Crippen molar-refractivity contribution < 1.29 is 0 Å². The molecular formula is C19H19N3. The minimum atomic E-state index is 0.992. The lowest BCUT2D eigenvalue weighted by molar-refractivity contribution is 0.949. The summed E-state index contributed by atoms with van der Waals surface area (Å²) in [6.07, 6.45) is 6.77. The van der Waals surface area contributed by atoms with E-state index in [0.717, 1.165) is 11.2 Å². The molecule has 0 atom stereocenters. The van der Waals surface area contributed by atoms with Gasteiger partial charge in [0.1, 0.15) is 0 Å². The Bertz CT molecular complexity index is 796. The van der Waals surface area contributed by atoms with Crippen LogP contribution in [0.15, 0.2) is 48.5 Å². The van der Waals surface area contributed by atoms with Crippen LogP contribution < -0.4 is 4.90 Å². The van der Waals surface area contributed by atoms with Gasteiger partial charge in [0.25, 0.3) is 0 Å². The lowest BCUT2D eigenvalue weighted by atomic mass is 10.1. The van der Waals surface area contributed by atoms with Gasteiger partial charge in [-0.25, -0.2) is 0 Å². The molecule has 4 rings (SSSR count). The Labute approximate surface area is 130 Å². The fraction of sp³-hybridized carbons (Fsp3) is 0.211. The van der Waals surface area contributed by atoms with Gasteiger partial charge in [-0.3, -0.25) is 5.10 Å². The maximum atomic E-state index is 4.45. The lowest BCUT2D eigenvalue weighted by Gasteiger charge is -2.17. The largest absolute Gasteiger partial charge is 0.371 e. The van der Waals surface area contributed by atoms with E-state index in [9.17, 15) is 0 Å². The Morgan fingerprint density at radius 2 is 1.77 bits per heavy atom. The summed E-state index contributed by atoms with van der Waals surface area (Å²) >= 11 is 0. The molecule has 1 aromatic heterocycles. The third-order valence-electron chi connectivity index (χ3n) is 4.28. The van der Waals surface area contributed by atoms with Crippen molar-refractivity contribution >= 4 is 28.7 Å². The van der Waals surface area contributed by atoms with Gasteiger partial charge < -0.3 is 4.90 Å². The molecule has 1 fully saturated rings. The quantitative estimate of drug-likeness (QED) is 0.778. The Morgan fingerprint density at radius 1 is 0.955 bits per heavy atom. The molecule has 2 aromatic carbocycles. The SMILES string of the molecule is C(=Cc1n[nH]c2cc(N3CCCC3)ccc12)c1ccccc1. The molecule has 0 saturated carbocycles. The zero-order valence-electron chi connectivity index (χ0n) is 12.5. The van der Waals surface area contributed by atoms with Gasteiger partial charge in [-0.2, -0.15) is 5.10 Å². The number of anilines is 1. The molecule has 3 heteroatoms. The predicted molar refractivity (Wildman–Crippen MR) is 92.9 cm³/mol. The van der Waals surface area contributed by atoms with Crippen molar-refractivity contribution in [2.75, 3.05) is 18.0 Å². The van der Waals surface area contributed by atoms with E-state index < -0.39 is 0 Å². The number of fused-ring (bicyclic) bond motifs is 1. The molecule has 3 aromatic rings. The van der Waals surface area contributed by atoms with Crippen molar-refractivity contribution in [3.63, 3.8) is 0 Å². The summed E-state index contributed by atoms with van der Waals surface area (Å²) in [5.74, 6) is 0. The van der Waals surface area contributed by atoms with Crippen molar-refractivity contribution in [2.45, 2.75) is 12.8 Å². The van der Waals surface area contributed by atoms with E-state index in [0.29, 0.717) is 0 Å². The molecular weight excluding hydrogens is 270 g/mol. The summed E-state index contributed by atoms with van der Waals surface area (Å²) in [5, 5.41) is 8.78. The van der Waals surface area contributed by atoms with Crippen molar-refractivity contribution in [2.24, 2.45) is 0 Å². The average molecular weight is 289 g/mol. The third kappa shape index (κ3) is 2.50. The van der Waals surface area contributed by atoms with Gasteiger partial charge in [0.15, 0.2) is 0 Å². The number of H-pyrrole nitrogens is 1. The van der Waals surface area contributed by atoms with E-state index in [4.69, 9.17) is 0 Å². The second-order valence-corrected chi connectivity index (χ2v) is 5.78. The minimum Gasteiger partial charge on any atom is -0.371 e. The lowest BCUT2D eigenvalue weighted by Crippen LogP contribution is -2.17. The fourth-order valence-corrected chi connectivity index (χ4v) is 3.07. The summed E-state index contributed by atoms with van der Waals surface area (Å²) in [5.41, 5.74) is 4.59. The van der Waals surface area contributed by atoms with E-state index in [1.165, 1.54) is 42.6 Å². The molecule has 1 aliphatic heterocycles. The van der Waals surface area contributed by atoms with Gasteiger partial charge in [0.05, 0.1) is 11.2 Å². The molecule has 1 saturated heterocycles. The van der Waals surface area contributed by atoms with Gasteiger partial charge in [-0.15, -0.1) is 0 Å². The molecule has 3 nitrogen and oxygen atoms in total. The van der Waals surface area contributed by atoms with Gasteiger partial charge >= 0.3 is 0 Å². The topological polar surface area (TPSA) is 31.9 Å². The van der Waals surface area contributed by atoms with E-state index >= 15 is 0 Å². The molecule has 0 radical (unpaired) electrons. The summed E-state index contributed by atoms with van der Waals surface area (Å²) < 4.78 is 0. The molecule has 0 amide bonds. The van der Waals surface area contributed by atoms with E-state index in [1.807, 2.05) is 18.2 Å². The van der Waals surface area contributed by atoms with Gasteiger partial charge in [-0.1, -0.05) is 36.4 Å². The highest BCUT2D eigenvalue weighted by atomic mass is 15.1. The highest BCUT2D eigenvalue weighted by Crippen LogP contribution is 2.26. The second-order valence-electron chi connectivity index (χ2n) is 5.78. The van der Waals surface area contributed by atoms with Gasteiger partial charge in [-0.05, 0) is 42.7 Å². The van der Waals surface area contributed by atoms with Gasteiger partial charge in [0.2, 0.25) is 0 Å². The molecule has 110 valence electrons. The van der Waals surface area contributed by atoms with Crippen LogP contribution in [0.3, 0.4) is 0 Å². The smallest absolute Gasteiger partial charge is 0.0927 e. The minimum absolute atomic E-state index is 0.992. The normalized spacial score (nSPS) is 15.2. The molecule has 1 aliphatic rings. The summed E-state index contributed by atoms with van der Waals surface area (Å²) in [4.78, 5) is 2.44. The first kappa shape index (κ1) is 13.1.